The van der Waals surface area contributed by atoms with Crippen LogP contribution >= 0.6 is 0 Å². The van der Waals surface area contributed by atoms with Crippen LogP contribution in [0.25, 0.3) is 0 Å². The molecule has 0 aromatic rings. The van der Waals surface area contributed by atoms with Crippen LogP contribution in [0.5, 0.6) is 0 Å². The number of carbonyl (C=O) groups is 2. The number of hydrogen-bond donors (Lipinski definition) is 3. The maximum absolute atomic E-state index is 10.6. The summed E-state index contributed by atoms with van der Waals surface area (Å²) in [5.41, 5.74) is 0. The average molecular weight is 187 g/mol. The molecule has 0 amide bonds. The largest absolute Gasteiger partial charge is 0.481 e. The van der Waals surface area contributed by atoms with E-state index in [1.165, 1.54) is 0 Å². The number of nitrogens with one attached hydrogen (secondary N) is 1. The molecule has 3 atom stereocenters. The van der Waals surface area contributed by atoms with E-state index in [2.05, 4.69) is 5.32 Å². The van der Waals surface area contributed by atoms with Crippen LogP contribution in [0.3, 0.4) is 0 Å². The van der Waals surface area contributed by atoms with Crippen molar-refractivity contribution in [1.29, 1.82) is 0 Å². The van der Waals surface area contributed by atoms with E-state index < -0.39 is 23.9 Å². The highest BCUT2D eigenvalue weighted by Crippen LogP contribution is 2.19. The molecule has 5 heteroatoms. The van der Waals surface area contributed by atoms with E-state index in [1.54, 1.807) is 6.92 Å². The van der Waals surface area contributed by atoms with Gasteiger partial charge in [0.2, 0.25) is 0 Å². The van der Waals surface area contributed by atoms with Gasteiger partial charge in [-0.3, -0.25) is 9.59 Å². The van der Waals surface area contributed by atoms with Gasteiger partial charge in [-0.25, -0.2) is 0 Å². The Bertz CT molecular complexity index is 228. The van der Waals surface area contributed by atoms with E-state index >= 15 is 0 Å². The third kappa shape index (κ3) is 2.18. The van der Waals surface area contributed by atoms with Crippen LogP contribution in [-0.4, -0.2) is 34.2 Å². The lowest BCUT2D eigenvalue weighted by Crippen LogP contribution is -2.40. The minimum absolute atomic E-state index is 0.210. The Balaban J connectivity index is 2.49. The first-order valence-corrected chi connectivity index (χ1v) is 4.24. The lowest BCUT2D eigenvalue weighted by molar-refractivity contribution is -0.143. The van der Waals surface area contributed by atoms with E-state index in [0.717, 1.165) is 0 Å². The van der Waals surface area contributed by atoms with Gasteiger partial charge in [-0.1, -0.05) is 6.92 Å². The van der Waals surface area contributed by atoms with Crippen molar-refractivity contribution in [3.63, 3.8) is 0 Å². The number of rotatable bonds is 3. The quantitative estimate of drug-likeness (QED) is 0.575. The minimum Gasteiger partial charge on any atom is -0.481 e. The molecule has 74 valence electrons. The molecule has 0 bridgehead atoms. The standard InChI is InChI=1S/C8H13NO4/c1-4(7(10)11)5-2-3-6(9-5)8(12)13/h4-6,9H,2-3H2,1H3,(H,10,11)(H,12,13)/t4-,5-,6-/m0/s1. The van der Waals surface area contributed by atoms with Gasteiger partial charge in [-0.05, 0) is 12.8 Å². The summed E-state index contributed by atoms with van der Waals surface area (Å²) < 4.78 is 0. The van der Waals surface area contributed by atoms with E-state index in [0.29, 0.717) is 12.8 Å². The van der Waals surface area contributed by atoms with E-state index in [1.807, 2.05) is 0 Å². The second-order valence-electron chi connectivity index (χ2n) is 3.37. The summed E-state index contributed by atoms with van der Waals surface area (Å²) in [6, 6.07) is -0.787. The Labute approximate surface area is 75.7 Å². The zero-order chi connectivity index (χ0) is 10.0. The molecule has 0 unspecified atom stereocenters. The third-order valence-electron chi connectivity index (χ3n) is 2.47. The van der Waals surface area contributed by atoms with Gasteiger partial charge in [0.25, 0.3) is 0 Å². The molecule has 1 aliphatic rings. The fourth-order valence-electron chi connectivity index (χ4n) is 1.53. The molecular formula is C8H13NO4. The Kier molecular flexibility index (Phi) is 2.87. The SMILES string of the molecule is C[C@H](C(=O)O)[C@@H]1CC[C@@H](C(=O)O)N1. The van der Waals surface area contributed by atoms with Crippen molar-refractivity contribution < 1.29 is 19.8 Å². The predicted molar refractivity (Wildman–Crippen MR) is 44.4 cm³/mol. The Morgan fingerprint density at radius 2 is 2.00 bits per heavy atom. The van der Waals surface area contributed by atoms with Crippen molar-refractivity contribution in [2.75, 3.05) is 0 Å². The smallest absolute Gasteiger partial charge is 0.320 e. The van der Waals surface area contributed by atoms with E-state index in [-0.39, 0.29) is 6.04 Å². The van der Waals surface area contributed by atoms with Gasteiger partial charge in [0.05, 0.1) is 5.92 Å². The summed E-state index contributed by atoms with van der Waals surface area (Å²) in [5.74, 6) is -2.31. The van der Waals surface area contributed by atoms with Gasteiger partial charge in [0, 0.05) is 6.04 Å². The van der Waals surface area contributed by atoms with Crippen LogP contribution in [0.2, 0.25) is 0 Å². The maximum Gasteiger partial charge on any atom is 0.320 e. The summed E-state index contributed by atoms with van der Waals surface area (Å²) in [6.07, 6.45) is 1.13. The molecule has 0 aromatic carbocycles. The summed E-state index contributed by atoms with van der Waals surface area (Å²) in [4.78, 5) is 21.1. The molecule has 0 saturated carbocycles. The van der Waals surface area contributed by atoms with E-state index in [9.17, 15) is 9.59 Å². The second-order valence-corrected chi connectivity index (χ2v) is 3.37. The fraction of sp³-hybridized carbons (Fsp3) is 0.750. The molecule has 0 aromatic heterocycles. The van der Waals surface area contributed by atoms with Gasteiger partial charge < -0.3 is 15.5 Å². The van der Waals surface area contributed by atoms with Gasteiger partial charge in [0.15, 0.2) is 0 Å². The first-order chi connectivity index (χ1) is 6.02. The van der Waals surface area contributed by atoms with Crippen LogP contribution in [0.15, 0.2) is 0 Å². The highest BCUT2D eigenvalue weighted by molar-refractivity contribution is 5.75. The fourth-order valence-corrected chi connectivity index (χ4v) is 1.53. The van der Waals surface area contributed by atoms with Crippen LogP contribution in [0, 0.1) is 5.92 Å². The maximum atomic E-state index is 10.6. The molecule has 13 heavy (non-hydrogen) atoms. The highest BCUT2D eigenvalue weighted by Gasteiger charge is 2.34. The zero-order valence-corrected chi connectivity index (χ0v) is 7.36. The molecule has 1 rings (SSSR count). The normalized spacial score (nSPS) is 29.9. The molecule has 3 N–H and O–H groups in total. The lowest BCUT2D eigenvalue weighted by atomic mass is 10.0. The molecule has 1 heterocycles. The molecule has 1 saturated heterocycles. The van der Waals surface area contributed by atoms with Crippen LogP contribution < -0.4 is 5.32 Å². The van der Waals surface area contributed by atoms with Crippen molar-refractivity contribution in [3.8, 4) is 0 Å². The van der Waals surface area contributed by atoms with Gasteiger partial charge in [-0.15, -0.1) is 0 Å². The highest BCUT2D eigenvalue weighted by atomic mass is 16.4. The molecule has 0 spiro atoms. The zero-order valence-electron chi connectivity index (χ0n) is 7.36. The van der Waals surface area contributed by atoms with Crippen LogP contribution in [0.4, 0.5) is 0 Å². The van der Waals surface area contributed by atoms with Gasteiger partial charge >= 0.3 is 11.9 Å². The van der Waals surface area contributed by atoms with Crippen molar-refractivity contribution in [2.45, 2.75) is 31.8 Å². The molecule has 5 nitrogen and oxygen atoms in total. The van der Waals surface area contributed by atoms with Crippen LogP contribution in [0.1, 0.15) is 19.8 Å². The van der Waals surface area contributed by atoms with Crippen molar-refractivity contribution in [2.24, 2.45) is 5.92 Å². The number of hydrogen-bond acceptors (Lipinski definition) is 3. The average Bonchev–Trinajstić information content (AvgIpc) is 2.50. The third-order valence-corrected chi connectivity index (χ3v) is 2.47. The Morgan fingerprint density at radius 1 is 1.38 bits per heavy atom. The second kappa shape index (κ2) is 3.74. The van der Waals surface area contributed by atoms with Gasteiger partial charge in [0.1, 0.15) is 6.04 Å². The molecule has 1 aliphatic heterocycles. The summed E-state index contributed by atoms with van der Waals surface area (Å²) in [7, 11) is 0. The Hall–Kier alpha value is -1.10. The number of carboxylic acid groups (broad SMARTS) is 2. The first kappa shape index (κ1) is 9.98. The van der Waals surface area contributed by atoms with Crippen molar-refractivity contribution in [3.05, 3.63) is 0 Å². The predicted octanol–water partition coefficient (Wildman–Crippen LogP) is -0.0877. The summed E-state index contributed by atoms with van der Waals surface area (Å²) >= 11 is 0. The molecule has 0 radical (unpaired) electrons. The lowest BCUT2D eigenvalue weighted by Gasteiger charge is -2.15. The number of carboxylic acids is 2. The van der Waals surface area contributed by atoms with Crippen LogP contribution in [-0.2, 0) is 9.59 Å². The topological polar surface area (TPSA) is 86.6 Å². The molecular weight excluding hydrogens is 174 g/mol. The Morgan fingerprint density at radius 3 is 2.38 bits per heavy atom. The minimum atomic E-state index is -0.903. The molecule has 1 fully saturated rings. The summed E-state index contributed by atoms with van der Waals surface area (Å²) in [6.45, 7) is 1.59. The monoisotopic (exact) mass is 187 g/mol. The van der Waals surface area contributed by atoms with Crippen molar-refractivity contribution >= 4 is 11.9 Å². The molecule has 0 aliphatic carbocycles. The van der Waals surface area contributed by atoms with Gasteiger partial charge in [-0.2, -0.15) is 0 Å². The first-order valence-electron chi connectivity index (χ1n) is 4.24. The number of aliphatic carboxylic acids is 2. The van der Waals surface area contributed by atoms with E-state index in [4.69, 9.17) is 10.2 Å². The summed E-state index contributed by atoms with van der Waals surface area (Å²) in [5, 5.41) is 20.1. The van der Waals surface area contributed by atoms with Crippen molar-refractivity contribution in [1.82, 2.24) is 5.32 Å².